The van der Waals surface area contributed by atoms with Gasteiger partial charge < -0.3 is 0 Å². The van der Waals surface area contributed by atoms with Gasteiger partial charge in [0.25, 0.3) is 5.56 Å². The van der Waals surface area contributed by atoms with Gasteiger partial charge in [-0.3, -0.25) is 13.9 Å². The van der Waals surface area contributed by atoms with Crippen LogP contribution in [0.4, 0.5) is 0 Å². The standard InChI is InChI=1S/C14H11ClN4OS/c15-9-3-1-4-10(7-9)19-8-16-12-11(19)13(20)18-5-2-6-21-14(18)17-12/h1,3-4,7-8H,2,5-6H2. The summed E-state index contributed by atoms with van der Waals surface area (Å²) in [5.41, 5.74) is 1.76. The maximum atomic E-state index is 12.7. The van der Waals surface area contributed by atoms with E-state index in [0.717, 1.165) is 23.0 Å². The molecule has 5 nitrogen and oxygen atoms in total. The molecule has 0 bridgehead atoms. The molecule has 3 heterocycles. The number of thioether (sulfide) groups is 1. The van der Waals surface area contributed by atoms with Crippen LogP contribution in [0.2, 0.25) is 5.02 Å². The van der Waals surface area contributed by atoms with Crippen molar-refractivity contribution in [1.82, 2.24) is 19.1 Å². The number of halogens is 1. The molecule has 21 heavy (non-hydrogen) atoms. The fraction of sp³-hybridized carbons (Fsp3) is 0.214. The largest absolute Gasteiger partial charge is 0.293 e. The zero-order valence-electron chi connectivity index (χ0n) is 11.0. The first kappa shape index (κ1) is 12.9. The van der Waals surface area contributed by atoms with E-state index >= 15 is 0 Å². The first-order chi connectivity index (χ1) is 10.2. The van der Waals surface area contributed by atoms with Gasteiger partial charge >= 0.3 is 0 Å². The summed E-state index contributed by atoms with van der Waals surface area (Å²) in [4.78, 5) is 21.5. The van der Waals surface area contributed by atoms with Crippen LogP contribution in [0, 0.1) is 0 Å². The molecule has 0 N–H and O–H groups in total. The third kappa shape index (κ3) is 2.06. The predicted molar refractivity (Wildman–Crippen MR) is 83.5 cm³/mol. The number of aromatic nitrogens is 4. The summed E-state index contributed by atoms with van der Waals surface area (Å²) < 4.78 is 3.49. The fourth-order valence-corrected chi connectivity index (χ4v) is 3.62. The van der Waals surface area contributed by atoms with Crippen molar-refractivity contribution in [2.75, 3.05) is 5.75 Å². The van der Waals surface area contributed by atoms with Crippen molar-refractivity contribution in [2.45, 2.75) is 18.1 Å². The molecule has 4 rings (SSSR count). The van der Waals surface area contributed by atoms with Crippen LogP contribution in [-0.4, -0.2) is 24.9 Å². The number of nitrogens with zero attached hydrogens (tertiary/aromatic N) is 4. The molecule has 0 unspecified atom stereocenters. The molecular weight excluding hydrogens is 308 g/mol. The maximum Gasteiger partial charge on any atom is 0.280 e. The summed E-state index contributed by atoms with van der Waals surface area (Å²) in [7, 11) is 0. The van der Waals surface area contributed by atoms with Crippen molar-refractivity contribution < 1.29 is 0 Å². The normalized spacial score (nSPS) is 14.3. The highest BCUT2D eigenvalue weighted by Gasteiger charge is 2.19. The number of hydrogen-bond donors (Lipinski definition) is 0. The number of hydrogen-bond acceptors (Lipinski definition) is 4. The van der Waals surface area contributed by atoms with E-state index in [9.17, 15) is 4.79 Å². The molecule has 0 saturated heterocycles. The molecule has 0 saturated carbocycles. The predicted octanol–water partition coefficient (Wildman–Crippen LogP) is 2.73. The number of imidazole rings is 1. The molecule has 0 spiro atoms. The molecule has 0 aliphatic carbocycles. The minimum atomic E-state index is -0.0420. The van der Waals surface area contributed by atoms with Gasteiger partial charge in [-0.05, 0) is 24.6 Å². The van der Waals surface area contributed by atoms with Crippen LogP contribution in [0.3, 0.4) is 0 Å². The summed E-state index contributed by atoms with van der Waals surface area (Å²) >= 11 is 7.64. The monoisotopic (exact) mass is 318 g/mol. The Morgan fingerprint density at radius 2 is 2.24 bits per heavy atom. The zero-order chi connectivity index (χ0) is 14.4. The second kappa shape index (κ2) is 4.89. The van der Waals surface area contributed by atoms with Gasteiger partial charge in [0.05, 0.1) is 0 Å². The summed E-state index contributed by atoms with van der Waals surface area (Å²) in [6.45, 7) is 0.713. The summed E-state index contributed by atoms with van der Waals surface area (Å²) in [6.07, 6.45) is 2.61. The molecule has 0 fully saturated rings. The molecule has 0 radical (unpaired) electrons. The highest BCUT2D eigenvalue weighted by atomic mass is 35.5. The van der Waals surface area contributed by atoms with E-state index in [4.69, 9.17) is 11.6 Å². The summed E-state index contributed by atoms with van der Waals surface area (Å²) in [6, 6.07) is 7.35. The fourth-order valence-electron chi connectivity index (χ4n) is 2.50. The maximum absolute atomic E-state index is 12.7. The van der Waals surface area contributed by atoms with E-state index < -0.39 is 0 Å². The van der Waals surface area contributed by atoms with Gasteiger partial charge in [-0.15, -0.1) is 0 Å². The molecule has 106 valence electrons. The summed E-state index contributed by atoms with van der Waals surface area (Å²) in [5, 5.41) is 1.38. The molecular formula is C14H11ClN4OS. The Balaban J connectivity index is 2.02. The van der Waals surface area contributed by atoms with Crippen molar-refractivity contribution in [1.29, 1.82) is 0 Å². The van der Waals surface area contributed by atoms with Crippen molar-refractivity contribution in [3.63, 3.8) is 0 Å². The second-order valence-corrected chi connectivity index (χ2v) is 6.32. The third-order valence-electron chi connectivity index (χ3n) is 3.47. The van der Waals surface area contributed by atoms with E-state index in [1.165, 1.54) is 0 Å². The van der Waals surface area contributed by atoms with Crippen LogP contribution in [0.1, 0.15) is 6.42 Å². The van der Waals surface area contributed by atoms with Gasteiger partial charge in [0, 0.05) is 23.0 Å². The summed E-state index contributed by atoms with van der Waals surface area (Å²) in [5.74, 6) is 0.993. The Kier molecular flexibility index (Phi) is 3.01. The minimum absolute atomic E-state index is 0.0420. The lowest BCUT2D eigenvalue weighted by Gasteiger charge is -2.16. The van der Waals surface area contributed by atoms with E-state index in [0.29, 0.717) is 22.7 Å². The molecule has 0 amide bonds. The average molecular weight is 319 g/mol. The van der Waals surface area contributed by atoms with Crippen molar-refractivity contribution in [3.8, 4) is 5.69 Å². The lowest BCUT2D eigenvalue weighted by atomic mass is 10.3. The number of benzene rings is 1. The van der Waals surface area contributed by atoms with E-state index in [1.807, 2.05) is 12.1 Å². The second-order valence-electron chi connectivity index (χ2n) is 4.82. The molecule has 2 aromatic heterocycles. The minimum Gasteiger partial charge on any atom is -0.293 e. The lowest BCUT2D eigenvalue weighted by Crippen LogP contribution is -2.27. The van der Waals surface area contributed by atoms with Gasteiger partial charge in [-0.2, -0.15) is 0 Å². The molecule has 7 heteroatoms. The number of fused-ring (bicyclic) bond motifs is 2. The Morgan fingerprint density at radius 1 is 1.33 bits per heavy atom. The van der Waals surface area contributed by atoms with Crippen LogP contribution in [0.5, 0.6) is 0 Å². The number of rotatable bonds is 1. The van der Waals surface area contributed by atoms with Crippen molar-refractivity contribution in [3.05, 3.63) is 46.0 Å². The average Bonchev–Trinajstić information content (AvgIpc) is 2.92. The van der Waals surface area contributed by atoms with Crippen molar-refractivity contribution in [2.24, 2.45) is 0 Å². The smallest absolute Gasteiger partial charge is 0.280 e. The van der Waals surface area contributed by atoms with Gasteiger partial charge in [0.15, 0.2) is 16.3 Å². The van der Waals surface area contributed by atoms with Crippen LogP contribution in [-0.2, 0) is 6.54 Å². The first-order valence-corrected chi connectivity index (χ1v) is 7.97. The molecule has 0 atom stereocenters. The SMILES string of the molecule is O=c1c2c(ncn2-c2cccc(Cl)c2)nc2n1CCCS2. The highest BCUT2D eigenvalue weighted by molar-refractivity contribution is 7.99. The van der Waals surface area contributed by atoms with Gasteiger partial charge in [0.2, 0.25) is 0 Å². The Hall–Kier alpha value is -1.79. The van der Waals surface area contributed by atoms with Crippen LogP contribution in [0.15, 0.2) is 40.5 Å². The third-order valence-corrected chi connectivity index (χ3v) is 4.77. The van der Waals surface area contributed by atoms with Crippen LogP contribution >= 0.6 is 23.4 Å². The van der Waals surface area contributed by atoms with Gasteiger partial charge in [-0.25, -0.2) is 9.97 Å². The highest BCUT2D eigenvalue weighted by Crippen LogP contribution is 2.24. The van der Waals surface area contributed by atoms with Gasteiger partial charge in [-0.1, -0.05) is 29.4 Å². The van der Waals surface area contributed by atoms with E-state index in [-0.39, 0.29) is 5.56 Å². The van der Waals surface area contributed by atoms with Crippen molar-refractivity contribution >= 4 is 34.5 Å². The quantitative estimate of drug-likeness (QED) is 0.647. The molecule has 1 aliphatic heterocycles. The topological polar surface area (TPSA) is 52.7 Å². The molecule has 1 aromatic carbocycles. The Morgan fingerprint density at radius 3 is 3.10 bits per heavy atom. The van der Waals surface area contributed by atoms with E-state index in [2.05, 4.69) is 9.97 Å². The Bertz CT molecular complexity index is 902. The lowest BCUT2D eigenvalue weighted by molar-refractivity contribution is 0.570. The molecule has 1 aliphatic rings. The molecule has 3 aromatic rings. The zero-order valence-corrected chi connectivity index (χ0v) is 12.6. The van der Waals surface area contributed by atoms with Crippen LogP contribution < -0.4 is 5.56 Å². The Labute approximate surface area is 129 Å². The first-order valence-electron chi connectivity index (χ1n) is 6.61. The van der Waals surface area contributed by atoms with Crippen LogP contribution in [0.25, 0.3) is 16.9 Å². The van der Waals surface area contributed by atoms with E-state index in [1.54, 1.807) is 39.4 Å². The van der Waals surface area contributed by atoms with Gasteiger partial charge in [0.1, 0.15) is 6.33 Å².